The van der Waals surface area contributed by atoms with E-state index in [4.69, 9.17) is 9.90 Å². The van der Waals surface area contributed by atoms with Gasteiger partial charge in [-0.3, -0.25) is 0 Å². The fourth-order valence-electron chi connectivity index (χ4n) is 1.77. The zero-order chi connectivity index (χ0) is 13.6. The SMILES string of the molecule is CC=O.CCCCCCCCc1ccc(O)cc1. The van der Waals surface area contributed by atoms with Crippen molar-refractivity contribution >= 4 is 6.29 Å². The van der Waals surface area contributed by atoms with Crippen LogP contribution in [0.3, 0.4) is 0 Å². The second-order valence-electron chi connectivity index (χ2n) is 4.42. The molecule has 1 aromatic rings. The molecule has 0 aliphatic rings. The van der Waals surface area contributed by atoms with Crippen LogP contribution in [0.1, 0.15) is 57.9 Å². The van der Waals surface area contributed by atoms with Gasteiger partial charge in [-0.25, -0.2) is 0 Å². The Bertz CT molecular complexity index is 290. The summed E-state index contributed by atoms with van der Waals surface area (Å²) in [5, 5.41) is 9.13. The third kappa shape index (κ3) is 9.88. The molecule has 2 nitrogen and oxygen atoms in total. The fourth-order valence-corrected chi connectivity index (χ4v) is 1.77. The molecule has 0 aliphatic heterocycles. The molecule has 0 bridgehead atoms. The molecule has 0 saturated heterocycles. The number of phenolic OH excluding ortho intramolecular Hbond substituents is 1. The largest absolute Gasteiger partial charge is 0.508 e. The number of rotatable bonds is 7. The summed E-state index contributed by atoms with van der Waals surface area (Å²) in [4.78, 5) is 8.81. The Kier molecular flexibility index (Phi) is 11.3. The van der Waals surface area contributed by atoms with Gasteiger partial charge in [0.15, 0.2) is 0 Å². The minimum absolute atomic E-state index is 0.363. The van der Waals surface area contributed by atoms with E-state index in [0.717, 1.165) is 12.7 Å². The normalized spacial score (nSPS) is 9.44. The van der Waals surface area contributed by atoms with E-state index in [-0.39, 0.29) is 0 Å². The molecule has 2 heteroatoms. The van der Waals surface area contributed by atoms with Crippen molar-refractivity contribution in [1.29, 1.82) is 0 Å². The van der Waals surface area contributed by atoms with Crippen molar-refractivity contribution in [2.45, 2.75) is 58.8 Å². The maximum Gasteiger partial charge on any atom is 0.116 e. The summed E-state index contributed by atoms with van der Waals surface area (Å²) in [6, 6.07) is 7.57. The number of aromatic hydroxyl groups is 1. The molecule has 18 heavy (non-hydrogen) atoms. The summed E-state index contributed by atoms with van der Waals surface area (Å²) in [6.07, 6.45) is 9.94. The van der Waals surface area contributed by atoms with Crippen molar-refractivity contribution in [3.63, 3.8) is 0 Å². The van der Waals surface area contributed by atoms with Crippen LogP contribution in [0.15, 0.2) is 24.3 Å². The van der Waals surface area contributed by atoms with Gasteiger partial charge in [-0.2, -0.15) is 0 Å². The summed E-state index contributed by atoms with van der Waals surface area (Å²) < 4.78 is 0. The van der Waals surface area contributed by atoms with Gasteiger partial charge in [-0.1, -0.05) is 51.2 Å². The summed E-state index contributed by atoms with van der Waals surface area (Å²) in [5.74, 6) is 0.363. The number of carbonyl (C=O) groups excluding carboxylic acids is 1. The van der Waals surface area contributed by atoms with Gasteiger partial charge < -0.3 is 9.90 Å². The topological polar surface area (TPSA) is 37.3 Å². The number of benzene rings is 1. The zero-order valence-corrected chi connectivity index (χ0v) is 11.7. The van der Waals surface area contributed by atoms with Crippen LogP contribution in [0.2, 0.25) is 0 Å². The molecule has 102 valence electrons. The van der Waals surface area contributed by atoms with Crippen LogP contribution >= 0.6 is 0 Å². The first kappa shape index (κ1) is 16.7. The van der Waals surface area contributed by atoms with E-state index < -0.39 is 0 Å². The van der Waals surface area contributed by atoms with Crippen molar-refractivity contribution < 1.29 is 9.90 Å². The van der Waals surface area contributed by atoms with E-state index in [0.29, 0.717) is 5.75 Å². The number of aldehydes is 1. The predicted molar refractivity (Wildman–Crippen MR) is 76.9 cm³/mol. The monoisotopic (exact) mass is 250 g/mol. The number of carbonyl (C=O) groups is 1. The lowest BCUT2D eigenvalue weighted by atomic mass is 10.1. The maximum absolute atomic E-state index is 9.13. The fraction of sp³-hybridized carbons (Fsp3) is 0.562. The summed E-state index contributed by atoms with van der Waals surface area (Å²) in [5.41, 5.74) is 1.34. The quantitative estimate of drug-likeness (QED) is 0.571. The van der Waals surface area contributed by atoms with Gasteiger partial charge in [-0.15, -0.1) is 0 Å². The highest BCUT2D eigenvalue weighted by Gasteiger charge is 1.94. The van der Waals surface area contributed by atoms with Crippen LogP contribution in [0, 0.1) is 0 Å². The smallest absolute Gasteiger partial charge is 0.116 e. The third-order valence-corrected chi connectivity index (χ3v) is 2.76. The van der Waals surface area contributed by atoms with Gasteiger partial charge in [0.25, 0.3) is 0 Å². The first-order valence-electron chi connectivity index (χ1n) is 6.92. The van der Waals surface area contributed by atoms with Gasteiger partial charge in [0.1, 0.15) is 12.0 Å². The molecule has 0 radical (unpaired) electrons. The Balaban J connectivity index is 0.000000873. The van der Waals surface area contributed by atoms with Crippen LogP contribution < -0.4 is 0 Å². The molecule has 0 spiro atoms. The highest BCUT2D eigenvalue weighted by molar-refractivity contribution is 5.44. The lowest BCUT2D eigenvalue weighted by molar-refractivity contribution is -0.106. The molecule has 0 heterocycles. The van der Waals surface area contributed by atoms with Crippen LogP contribution in [0.25, 0.3) is 0 Å². The van der Waals surface area contributed by atoms with Crippen molar-refractivity contribution in [3.05, 3.63) is 29.8 Å². The number of unbranched alkanes of at least 4 members (excludes halogenated alkanes) is 5. The molecular formula is C16H26O2. The summed E-state index contributed by atoms with van der Waals surface area (Å²) in [6.45, 7) is 3.69. The molecule has 1 rings (SSSR count). The number of hydrogen-bond donors (Lipinski definition) is 1. The van der Waals surface area contributed by atoms with E-state index >= 15 is 0 Å². The van der Waals surface area contributed by atoms with E-state index in [9.17, 15) is 0 Å². The Morgan fingerprint density at radius 3 is 2.06 bits per heavy atom. The van der Waals surface area contributed by atoms with Crippen LogP contribution in [0.4, 0.5) is 0 Å². The average molecular weight is 250 g/mol. The Labute approximate surface area is 111 Å². The van der Waals surface area contributed by atoms with Crippen LogP contribution in [-0.4, -0.2) is 11.4 Å². The van der Waals surface area contributed by atoms with Gasteiger partial charge in [0.2, 0.25) is 0 Å². The third-order valence-electron chi connectivity index (χ3n) is 2.76. The van der Waals surface area contributed by atoms with Crippen molar-refractivity contribution in [2.24, 2.45) is 0 Å². The van der Waals surface area contributed by atoms with Crippen molar-refractivity contribution in [2.75, 3.05) is 0 Å². The highest BCUT2D eigenvalue weighted by atomic mass is 16.3. The Morgan fingerprint density at radius 2 is 1.50 bits per heavy atom. The second-order valence-corrected chi connectivity index (χ2v) is 4.42. The first-order valence-corrected chi connectivity index (χ1v) is 6.92. The van der Waals surface area contributed by atoms with Crippen molar-refractivity contribution in [1.82, 2.24) is 0 Å². The highest BCUT2D eigenvalue weighted by Crippen LogP contribution is 2.13. The lowest BCUT2D eigenvalue weighted by Crippen LogP contribution is -1.85. The Hall–Kier alpha value is -1.31. The van der Waals surface area contributed by atoms with Crippen LogP contribution in [-0.2, 0) is 11.2 Å². The van der Waals surface area contributed by atoms with Gasteiger partial charge in [-0.05, 0) is 37.5 Å². The van der Waals surface area contributed by atoms with Crippen molar-refractivity contribution in [3.8, 4) is 5.75 Å². The number of hydrogen-bond acceptors (Lipinski definition) is 2. The van der Waals surface area contributed by atoms with Crippen LogP contribution in [0.5, 0.6) is 5.75 Å². The molecule has 0 amide bonds. The van der Waals surface area contributed by atoms with Gasteiger partial charge in [0.05, 0.1) is 0 Å². The summed E-state index contributed by atoms with van der Waals surface area (Å²) in [7, 11) is 0. The number of aryl methyl sites for hydroxylation is 1. The molecule has 0 fully saturated rings. The molecule has 1 aromatic carbocycles. The summed E-state index contributed by atoms with van der Waals surface area (Å²) >= 11 is 0. The van der Waals surface area contributed by atoms with E-state index in [1.165, 1.54) is 51.0 Å². The van der Waals surface area contributed by atoms with E-state index in [1.807, 2.05) is 12.1 Å². The minimum atomic E-state index is 0.363. The number of phenols is 1. The molecule has 0 unspecified atom stereocenters. The first-order chi connectivity index (χ1) is 8.74. The van der Waals surface area contributed by atoms with Gasteiger partial charge in [0, 0.05) is 0 Å². The molecular weight excluding hydrogens is 224 g/mol. The second kappa shape index (κ2) is 12.2. The van der Waals surface area contributed by atoms with Gasteiger partial charge >= 0.3 is 0 Å². The standard InChI is InChI=1S/C14H22O.C2H4O/c1-2-3-4-5-6-7-8-13-9-11-14(15)12-10-13;1-2-3/h9-12,15H,2-8H2,1H3;2H,1H3. The maximum atomic E-state index is 9.13. The molecule has 0 saturated carbocycles. The molecule has 0 aromatic heterocycles. The Morgan fingerprint density at radius 1 is 1.00 bits per heavy atom. The van der Waals surface area contributed by atoms with E-state index in [1.54, 1.807) is 12.1 Å². The zero-order valence-electron chi connectivity index (χ0n) is 11.7. The molecule has 0 atom stereocenters. The molecule has 0 aliphatic carbocycles. The average Bonchev–Trinajstić information content (AvgIpc) is 2.37. The minimum Gasteiger partial charge on any atom is -0.508 e. The molecule has 1 N–H and O–H groups in total. The van der Waals surface area contributed by atoms with E-state index in [2.05, 4.69) is 6.92 Å². The lowest BCUT2D eigenvalue weighted by Gasteiger charge is -2.02. The predicted octanol–water partition coefficient (Wildman–Crippen LogP) is 4.50.